The summed E-state index contributed by atoms with van der Waals surface area (Å²) in [7, 11) is 0. The van der Waals surface area contributed by atoms with Crippen molar-refractivity contribution in [2.45, 2.75) is 32.2 Å². The lowest BCUT2D eigenvalue weighted by Gasteiger charge is -2.36. The van der Waals surface area contributed by atoms with Gasteiger partial charge in [0.1, 0.15) is 0 Å². The topological polar surface area (TPSA) is 47.6 Å². The van der Waals surface area contributed by atoms with Gasteiger partial charge in [-0.1, -0.05) is 12.1 Å². The molecule has 132 valence electrons. The van der Waals surface area contributed by atoms with Gasteiger partial charge in [0.25, 0.3) is 0 Å². The summed E-state index contributed by atoms with van der Waals surface area (Å²) in [5.74, 6) is 0.199. The largest absolute Gasteiger partial charge is 0.369 e. The first kappa shape index (κ1) is 17.2. The Hall–Kier alpha value is -1.59. The van der Waals surface area contributed by atoms with E-state index in [9.17, 15) is 4.79 Å². The van der Waals surface area contributed by atoms with Crippen molar-refractivity contribution in [2.75, 3.05) is 50.7 Å². The van der Waals surface area contributed by atoms with Crippen LogP contribution in [0, 0.1) is 6.92 Å². The highest BCUT2D eigenvalue weighted by molar-refractivity contribution is 5.76. The van der Waals surface area contributed by atoms with E-state index in [0.29, 0.717) is 12.5 Å². The summed E-state index contributed by atoms with van der Waals surface area (Å²) < 4.78 is 0. The Morgan fingerprint density at radius 2 is 2.12 bits per heavy atom. The van der Waals surface area contributed by atoms with Crippen molar-refractivity contribution >= 4 is 11.6 Å². The van der Waals surface area contributed by atoms with Gasteiger partial charge in [0.05, 0.1) is 0 Å². The first-order valence-electron chi connectivity index (χ1n) is 9.25. The number of piperidine rings is 1. The third-order valence-electron chi connectivity index (χ3n) is 5.06. The van der Waals surface area contributed by atoms with Crippen molar-refractivity contribution in [3.8, 4) is 0 Å². The summed E-state index contributed by atoms with van der Waals surface area (Å²) in [5.41, 5.74) is 2.63. The Morgan fingerprint density at radius 1 is 1.29 bits per heavy atom. The lowest BCUT2D eigenvalue weighted by Crippen LogP contribution is -2.48. The van der Waals surface area contributed by atoms with Gasteiger partial charge in [-0.3, -0.25) is 9.69 Å². The van der Waals surface area contributed by atoms with Crippen LogP contribution in [0.15, 0.2) is 24.3 Å². The fraction of sp³-hybridized carbons (Fsp3) is 0.632. The molecule has 24 heavy (non-hydrogen) atoms. The number of carbonyl (C=O) groups is 1. The SMILES string of the molecule is Cc1cccc(N2CCN(CCC(=O)N[C@H]3CCCNC3)CC2)c1. The molecule has 1 aromatic carbocycles. The number of piperazine rings is 1. The Morgan fingerprint density at radius 3 is 2.83 bits per heavy atom. The minimum atomic E-state index is 0.199. The molecule has 1 atom stereocenters. The molecule has 0 spiro atoms. The predicted octanol–water partition coefficient (Wildman–Crippen LogP) is 1.38. The standard InChI is InChI=1S/C19H30N4O/c1-16-4-2-6-18(14-16)23-12-10-22(11-13-23)9-7-19(24)21-17-5-3-8-20-15-17/h2,4,6,14,17,20H,3,5,7-13,15H2,1H3,(H,21,24)/t17-/m0/s1. The molecule has 1 aromatic rings. The highest BCUT2D eigenvalue weighted by Gasteiger charge is 2.19. The van der Waals surface area contributed by atoms with Crippen LogP contribution in [-0.2, 0) is 4.79 Å². The first-order chi connectivity index (χ1) is 11.7. The van der Waals surface area contributed by atoms with E-state index in [1.54, 1.807) is 0 Å². The van der Waals surface area contributed by atoms with Crippen LogP contribution in [0.2, 0.25) is 0 Å². The van der Waals surface area contributed by atoms with Crippen molar-refractivity contribution in [3.05, 3.63) is 29.8 Å². The zero-order chi connectivity index (χ0) is 16.8. The van der Waals surface area contributed by atoms with Crippen LogP contribution in [0.5, 0.6) is 0 Å². The van der Waals surface area contributed by atoms with Gasteiger partial charge in [-0.2, -0.15) is 0 Å². The van der Waals surface area contributed by atoms with Gasteiger partial charge >= 0.3 is 0 Å². The predicted molar refractivity (Wildman–Crippen MR) is 98.5 cm³/mol. The molecule has 0 aromatic heterocycles. The zero-order valence-electron chi connectivity index (χ0n) is 14.8. The van der Waals surface area contributed by atoms with Crippen LogP contribution in [-0.4, -0.2) is 62.7 Å². The molecule has 0 saturated carbocycles. The Bertz CT molecular complexity index is 534. The number of benzene rings is 1. The summed E-state index contributed by atoms with van der Waals surface area (Å²) in [4.78, 5) is 17.0. The highest BCUT2D eigenvalue weighted by Crippen LogP contribution is 2.17. The summed E-state index contributed by atoms with van der Waals surface area (Å²) in [5, 5.41) is 6.50. The third-order valence-corrected chi connectivity index (χ3v) is 5.06. The summed E-state index contributed by atoms with van der Waals surface area (Å²) in [6.07, 6.45) is 2.88. The maximum Gasteiger partial charge on any atom is 0.221 e. The van der Waals surface area contributed by atoms with Gasteiger partial charge in [-0.05, 0) is 44.0 Å². The molecular weight excluding hydrogens is 300 g/mol. The Kier molecular flexibility index (Phi) is 6.10. The van der Waals surface area contributed by atoms with E-state index >= 15 is 0 Å². The number of carbonyl (C=O) groups excluding carboxylic acids is 1. The lowest BCUT2D eigenvalue weighted by atomic mass is 10.1. The number of aryl methyl sites for hydroxylation is 1. The molecule has 5 heteroatoms. The van der Waals surface area contributed by atoms with E-state index in [4.69, 9.17) is 0 Å². The molecule has 0 aliphatic carbocycles. The van der Waals surface area contributed by atoms with Crippen molar-refractivity contribution in [3.63, 3.8) is 0 Å². The van der Waals surface area contributed by atoms with Crippen molar-refractivity contribution in [2.24, 2.45) is 0 Å². The molecule has 2 heterocycles. The smallest absolute Gasteiger partial charge is 0.221 e. The maximum absolute atomic E-state index is 12.1. The van der Waals surface area contributed by atoms with Gasteiger partial charge in [0, 0.05) is 57.4 Å². The van der Waals surface area contributed by atoms with Crippen LogP contribution >= 0.6 is 0 Å². The van der Waals surface area contributed by atoms with Crippen LogP contribution in [0.25, 0.3) is 0 Å². The van der Waals surface area contributed by atoms with E-state index in [0.717, 1.165) is 58.7 Å². The molecule has 0 bridgehead atoms. The zero-order valence-corrected chi connectivity index (χ0v) is 14.8. The van der Waals surface area contributed by atoms with Gasteiger partial charge in [-0.15, -0.1) is 0 Å². The highest BCUT2D eigenvalue weighted by atomic mass is 16.1. The van der Waals surface area contributed by atoms with E-state index in [1.165, 1.54) is 11.3 Å². The van der Waals surface area contributed by atoms with Gasteiger partial charge < -0.3 is 15.5 Å². The number of nitrogens with zero attached hydrogens (tertiary/aromatic N) is 2. The van der Waals surface area contributed by atoms with Crippen LogP contribution in [0.4, 0.5) is 5.69 Å². The third kappa shape index (κ3) is 4.95. The van der Waals surface area contributed by atoms with E-state index < -0.39 is 0 Å². The first-order valence-corrected chi connectivity index (χ1v) is 9.25. The molecular formula is C19H30N4O. The van der Waals surface area contributed by atoms with Gasteiger partial charge in [-0.25, -0.2) is 0 Å². The molecule has 2 fully saturated rings. The van der Waals surface area contributed by atoms with E-state index in [2.05, 4.69) is 51.6 Å². The average molecular weight is 330 g/mol. The summed E-state index contributed by atoms with van der Waals surface area (Å²) in [6, 6.07) is 9.03. The second-order valence-electron chi connectivity index (χ2n) is 7.03. The number of amides is 1. The Balaban J connectivity index is 1.37. The minimum absolute atomic E-state index is 0.199. The van der Waals surface area contributed by atoms with Crippen LogP contribution < -0.4 is 15.5 Å². The maximum atomic E-state index is 12.1. The lowest BCUT2D eigenvalue weighted by molar-refractivity contribution is -0.122. The summed E-state index contributed by atoms with van der Waals surface area (Å²) >= 11 is 0. The molecule has 2 aliphatic heterocycles. The molecule has 2 N–H and O–H groups in total. The minimum Gasteiger partial charge on any atom is -0.369 e. The van der Waals surface area contributed by atoms with Crippen molar-refractivity contribution in [1.82, 2.24) is 15.5 Å². The summed E-state index contributed by atoms with van der Waals surface area (Å²) in [6.45, 7) is 9.15. The monoisotopic (exact) mass is 330 g/mol. The molecule has 0 unspecified atom stereocenters. The van der Waals surface area contributed by atoms with Gasteiger partial charge in [0.2, 0.25) is 5.91 Å². The molecule has 0 radical (unpaired) electrons. The average Bonchev–Trinajstić information content (AvgIpc) is 2.61. The molecule has 2 saturated heterocycles. The van der Waals surface area contributed by atoms with Crippen LogP contribution in [0.1, 0.15) is 24.8 Å². The van der Waals surface area contributed by atoms with Gasteiger partial charge in [0.15, 0.2) is 0 Å². The quantitative estimate of drug-likeness (QED) is 0.856. The normalized spacial score (nSPS) is 22.4. The Labute approximate surface area is 145 Å². The molecule has 2 aliphatic rings. The van der Waals surface area contributed by atoms with Crippen LogP contribution in [0.3, 0.4) is 0 Å². The molecule has 3 rings (SSSR count). The number of hydrogen-bond donors (Lipinski definition) is 2. The fourth-order valence-electron chi connectivity index (χ4n) is 3.59. The fourth-order valence-corrected chi connectivity index (χ4v) is 3.59. The molecule has 1 amide bonds. The van der Waals surface area contributed by atoms with E-state index in [1.807, 2.05) is 0 Å². The second kappa shape index (κ2) is 8.49. The van der Waals surface area contributed by atoms with Crippen molar-refractivity contribution in [1.29, 1.82) is 0 Å². The van der Waals surface area contributed by atoms with E-state index in [-0.39, 0.29) is 5.91 Å². The molecule has 5 nitrogen and oxygen atoms in total. The second-order valence-corrected chi connectivity index (χ2v) is 7.03. The number of hydrogen-bond acceptors (Lipinski definition) is 4. The number of anilines is 1. The van der Waals surface area contributed by atoms with Crippen molar-refractivity contribution < 1.29 is 4.79 Å². The number of nitrogens with one attached hydrogen (secondary N) is 2. The number of rotatable bonds is 5.